The molecule has 1 amide bonds. The molecule has 1 saturated carbocycles. The lowest BCUT2D eigenvalue weighted by molar-refractivity contribution is -0.0591. The van der Waals surface area contributed by atoms with Gasteiger partial charge in [0, 0.05) is 48.5 Å². The summed E-state index contributed by atoms with van der Waals surface area (Å²) in [5.74, 6) is 2.62. The molecule has 0 radical (unpaired) electrons. The molecule has 4 heterocycles. The van der Waals surface area contributed by atoms with Gasteiger partial charge in [-0.1, -0.05) is 31.5 Å². The van der Waals surface area contributed by atoms with Crippen LogP contribution in [0.2, 0.25) is 0 Å². The van der Waals surface area contributed by atoms with Gasteiger partial charge in [0.15, 0.2) is 0 Å². The number of hydrogen-bond donors (Lipinski definition) is 1. The Kier molecular flexibility index (Phi) is 9.95. The molecule has 2 aromatic carbocycles. The van der Waals surface area contributed by atoms with E-state index >= 15 is 0 Å². The van der Waals surface area contributed by atoms with Crippen LogP contribution >= 0.6 is 0 Å². The number of nitrogens with zero attached hydrogens (tertiary/aromatic N) is 4. The standard InChI is InChI=1S/C41H52FN5O4/c1-7-16-41(5,6)51-25-40(3,4)45-39(48)27-13-14-33-35(19-27)47(20-29-15-17-49-29)36(43-33)23-46-21-30-31(22-46)38(30)34-9-8-10-37(44-34)50-24-28-12-11-26(2)18-32(28)42/h8-14,18-19,29-31,38H,7,15-17,20-25H2,1-6H3,(H,45,48). The monoisotopic (exact) mass is 697 g/mol. The summed E-state index contributed by atoms with van der Waals surface area (Å²) in [6, 6.07) is 16.9. The van der Waals surface area contributed by atoms with Crippen LogP contribution in [-0.2, 0) is 29.2 Å². The van der Waals surface area contributed by atoms with Crippen LogP contribution in [0.3, 0.4) is 0 Å². The molecule has 7 rings (SSSR count). The van der Waals surface area contributed by atoms with Crippen LogP contribution < -0.4 is 10.1 Å². The Bertz CT molecular complexity index is 1870. The molecule has 3 aliphatic rings. The van der Waals surface area contributed by atoms with Crippen LogP contribution in [0.5, 0.6) is 5.88 Å². The van der Waals surface area contributed by atoms with Crippen molar-refractivity contribution >= 4 is 16.9 Å². The molecule has 2 saturated heterocycles. The van der Waals surface area contributed by atoms with Gasteiger partial charge in [0.25, 0.3) is 5.91 Å². The van der Waals surface area contributed by atoms with Gasteiger partial charge in [0.1, 0.15) is 18.2 Å². The maximum atomic E-state index is 14.3. The van der Waals surface area contributed by atoms with Gasteiger partial charge < -0.3 is 24.1 Å². The summed E-state index contributed by atoms with van der Waals surface area (Å²) in [6.07, 6.45) is 3.18. The van der Waals surface area contributed by atoms with E-state index in [2.05, 4.69) is 41.6 Å². The third kappa shape index (κ3) is 8.13. The van der Waals surface area contributed by atoms with Crippen LogP contribution in [0.15, 0.2) is 54.6 Å². The predicted octanol–water partition coefficient (Wildman–Crippen LogP) is 7.20. The molecule has 2 aliphatic heterocycles. The van der Waals surface area contributed by atoms with E-state index in [1.54, 1.807) is 6.07 Å². The number of rotatable bonds is 15. The second kappa shape index (κ2) is 14.3. The summed E-state index contributed by atoms with van der Waals surface area (Å²) in [6.45, 7) is 17.0. The highest BCUT2D eigenvalue weighted by Gasteiger charge is 2.57. The summed E-state index contributed by atoms with van der Waals surface area (Å²) < 4.78 is 34.5. The fourth-order valence-corrected chi connectivity index (χ4v) is 7.74. The first-order chi connectivity index (χ1) is 24.4. The maximum absolute atomic E-state index is 14.3. The number of fused-ring (bicyclic) bond motifs is 2. The molecule has 0 bridgehead atoms. The zero-order chi connectivity index (χ0) is 35.9. The first kappa shape index (κ1) is 35.5. The third-order valence-electron chi connectivity index (χ3n) is 10.7. The predicted molar refractivity (Wildman–Crippen MR) is 195 cm³/mol. The zero-order valence-electron chi connectivity index (χ0n) is 30.9. The number of ether oxygens (including phenoxy) is 3. The number of carbonyl (C=O) groups is 1. The number of aryl methyl sites for hydroxylation is 1. The number of imidazole rings is 1. The molecule has 4 aromatic rings. The molecular formula is C41H52FN5O4. The van der Waals surface area contributed by atoms with Gasteiger partial charge in [-0.05, 0) is 95.2 Å². The van der Waals surface area contributed by atoms with E-state index in [-0.39, 0.29) is 30.0 Å². The van der Waals surface area contributed by atoms with E-state index in [4.69, 9.17) is 24.2 Å². The van der Waals surface area contributed by atoms with E-state index < -0.39 is 5.54 Å². The van der Waals surface area contributed by atoms with Crippen molar-refractivity contribution in [2.24, 2.45) is 11.8 Å². The molecule has 2 aromatic heterocycles. The lowest BCUT2D eigenvalue weighted by Gasteiger charge is -2.32. The van der Waals surface area contributed by atoms with E-state index in [1.807, 2.05) is 57.2 Å². The maximum Gasteiger partial charge on any atom is 0.251 e. The molecule has 272 valence electrons. The molecule has 3 fully saturated rings. The second-order valence-electron chi connectivity index (χ2n) is 16.1. The number of amides is 1. The highest BCUT2D eigenvalue weighted by Crippen LogP contribution is 2.58. The van der Waals surface area contributed by atoms with Crippen molar-refractivity contribution in [2.75, 3.05) is 26.3 Å². The molecule has 0 spiro atoms. The number of nitrogens with one attached hydrogen (secondary N) is 1. The zero-order valence-corrected chi connectivity index (χ0v) is 30.9. The highest BCUT2D eigenvalue weighted by atomic mass is 19.1. The Labute approximate surface area is 300 Å². The lowest BCUT2D eigenvalue weighted by atomic mass is 10.0. The van der Waals surface area contributed by atoms with E-state index in [0.717, 1.165) is 80.2 Å². The molecule has 3 atom stereocenters. The van der Waals surface area contributed by atoms with Gasteiger partial charge in [-0.25, -0.2) is 14.4 Å². The minimum absolute atomic E-state index is 0.121. The van der Waals surface area contributed by atoms with E-state index in [9.17, 15) is 9.18 Å². The highest BCUT2D eigenvalue weighted by molar-refractivity contribution is 5.97. The summed E-state index contributed by atoms with van der Waals surface area (Å²) in [5, 5.41) is 3.19. The van der Waals surface area contributed by atoms with Gasteiger partial charge in [0.2, 0.25) is 5.88 Å². The van der Waals surface area contributed by atoms with Gasteiger partial charge >= 0.3 is 0 Å². The summed E-state index contributed by atoms with van der Waals surface area (Å²) in [7, 11) is 0. The Morgan fingerprint density at radius 3 is 2.55 bits per heavy atom. The molecule has 9 nitrogen and oxygen atoms in total. The van der Waals surface area contributed by atoms with Crippen LogP contribution in [0, 0.1) is 24.6 Å². The lowest BCUT2D eigenvalue weighted by Crippen LogP contribution is -2.48. The summed E-state index contributed by atoms with van der Waals surface area (Å²) in [5.41, 5.74) is 4.15. The Morgan fingerprint density at radius 2 is 1.84 bits per heavy atom. The minimum atomic E-state index is -0.526. The average Bonchev–Trinajstić information content (AvgIpc) is 3.38. The van der Waals surface area contributed by atoms with Crippen LogP contribution in [0.1, 0.15) is 92.8 Å². The van der Waals surface area contributed by atoms with Crippen molar-refractivity contribution in [2.45, 2.75) is 104 Å². The number of piperidine rings is 1. The van der Waals surface area contributed by atoms with Gasteiger partial charge in [0.05, 0.1) is 48.0 Å². The number of carbonyl (C=O) groups excluding carboxylic acids is 1. The summed E-state index contributed by atoms with van der Waals surface area (Å²) in [4.78, 5) is 25.9. The van der Waals surface area contributed by atoms with Crippen LogP contribution in [-0.4, -0.2) is 68.9 Å². The normalized spacial score (nSPS) is 21.8. The fourth-order valence-electron chi connectivity index (χ4n) is 7.74. The van der Waals surface area contributed by atoms with Crippen molar-refractivity contribution in [1.29, 1.82) is 0 Å². The quantitative estimate of drug-likeness (QED) is 0.141. The fraction of sp³-hybridized carbons (Fsp3) is 0.537. The van der Waals surface area contributed by atoms with Crippen molar-refractivity contribution in [3.8, 4) is 5.88 Å². The van der Waals surface area contributed by atoms with Crippen molar-refractivity contribution in [3.63, 3.8) is 0 Å². The number of aromatic nitrogens is 3. The van der Waals surface area contributed by atoms with Gasteiger partial charge in [-0.3, -0.25) is 9.69 Å². The largest absolute Gasteiger partial charge is 0.473 e. The number of hydrogen-bond acceptors (Lipinski definition) is 7. The Hall–Kier alpha value is -3.86. The third-order valence-corrected chi connectivity index (χ3v) is 10.7. The van der Waals surface area contributed by atoms with E-state index in [0.29, 0.717) is 41.4 Å². The van der Waals surface area contributed by atoms with Crippen LogP contribution in [0.4, 0.5) is 4.39 Å². The Balaban J connectivity index is 0.998. The first-order valence-electron chi connectivity index (χ1n) is 18.5. The molecule has 1 aliphatic carbocycles. The van der Waals surface area contributed by atoms with Crippen LogP contribution in [0.25, 0.3) is 11.0 Å². The number of benzene rings is 2. The van der Waals surface area contributed by atoms with E-state index in [1.165, 1.54) is 6.07 Å². The van der Waals surface area contributed by atoms with Crippen molar-refractivity contribution < 1.29 is 23.4 Å². The SMILES string of the molecule is CCCC(C)(C)OCC(C)(C)NC(=O)c1ccc2nc(CN3CC4C(C3)C4c3cccc(OCc4ccc(C)cc4F)n3)n(CC3CCO3)c2c1. The number of likely N-dealkylation sites (tertiary alicyclic amines) is 1. The molecule has 3 unspecified atom stereocenters. The minimum Gasteiger partial charge on any atom is -0.473 e. The van der Waals surface area contributed by atoms with Gasteiger partial charge in [-0.15, -0.1) is 0 Å². The smallest absolute Gasteiger partial charge is 0.251 e. The molecule has 51 heavy (non-hydrogen) atoms. The number of halogens is 1. The average molecular weight is 698 g/mol. The molecular weight excluding hydrogens is 645 g/mol. The molecule has 1 N–H and O–H groups in total. The van der Waals surface area contributed by atoms with Crippen molar-refractivity contribution in [1.82, 2.24) is 24.8 Å². The summed E-state index contributed by atoms with van der Waals surface area (Å²) >= 11 is 0. The second-order valence-corrected chi connectivity index (χ2v) is 16.1. The topological polar surface area (TPSA) is 90.7 Å². The first-order valence-corrected chi connectivity index (χ1v) is 18.5. The van der Waals surface area contributed by atoms with Crippen molar-refractivity contribution in [3.05, 3.63) is 88.6 Å². The van der Waals surface area contributed by atoms with Gasteiger partial charge in [-0.2, -0.15) is 0 Å². The Morgan fingerprint density at radius 1 is 1.06 bits per heavy atom. The molecule has 10 heteroatoms. The number of pyridine rings is 1.